The first kappa shape index (κ1) is 14.2. The van der Waals surface area contributed by atoms with Crippen LogP contribution in [0.4, 0.5) is 0 Å². The Labute approximate surface area is 102 Å². The molecule has 96 valence electrons. The number of hydrogen-bond acceptors (Lipinski definition) is 4. The van der Waals surface area contributed by atoms with Gasteiger partial charge in [0, 0.05) is 12.8 Å². The van der Waals surface area contributed by atoms with Crippen LogP contribution in [-0.2, 0) is 14.6 Å². The van der Waals surface area contributed by atoms with Crippen LogP contribution in [0.25, 0.3) is 0 Å². The fraction of sp³-hybridized carbons (Fsp3) is 0.500. The molecule has 1 unspecified atom stereocenters. The van der Waals surface area contributed by atoms with Crippen LogP contribution in [0.5, 0.6) is 0 Å². The van der Waals surface area contributed by atoms with Gasteiger partial charge in [0.05, 0.1) is 10.9 Å². The Morgan fingerprint density at radius 1 is 1.29 bits per heavy atom. The molecule has 1 aromatic carbocycles. The lowest BCUT2D eigenvalue weighted by molar-refractivity contribution is 0.186. The third-order valence-electron chi connectivity index (χ3n) is 3.14. The van der Waals surface area contributed by atoms with Gasteiger partial charge >= 0.3 is 0 Å². The van der Waals surface area contributed by atoms with Crippen LogP contribution >= 0.6 is 0 Å². The van der Waals surface area contributed by atoms with Gasteiger partial charge in [-0.2, -0.15) is 0 Å². The lowest BCUT2D eigenvalue weighted by atomic mass is 9.99. The molecule has 0 aliphatic carbocycles. The number of nitrogens with two attached hydrogens (primary N) is 1. The van der Waals surface area contributed by atoms with E-state index in [1.165, 1.54) is 6.26 Å². The zero-order chi connectivity index (χ0) is 13.3. The molecule has 0 aliphatic heterocycles. The molecule has 4 nitrogen and oxygen atoms in total. The Morgan fingerprint density at radius 2 is 1.76 bits per heavy atom. The van der Waals surface area contributed by atoms with Crippen LogP contribution in [0, 0.1) is 0 Å². The van der Waals surface area contributed by atoms with Crippen LogP contribution in [0.15, 0.2) is 24.3 Å². The van der Waals surface area contributed by atoms with Gasteiger partial charge in [0.2, 0.25) is 0 Å². The van der Waals surface area contributed by atoms with Crippen LogP contribution < -0.4 is 5.73 Å². The van der Waals surface area contributed by atoms with Crippen molar-refractivity contribution in [2.24, 2.45) is 5.73 Å². The first-order valence-electron chi connectivity index (χ1n) is 5.38. The quantitative estimate of drug-likeness (QED) is 0.842. The van der Waals surface area contributed by atoms with Crippen molar-refractivity contribution in [3.8, 4) is 0 Å². The van der Waals surface area contributed by atoms with Gasteiger partial charge < -0.3 is 10.8 Å². The molecule has 0 fully saturated rings. The third-order valence-corrected chi connectivity index (χ3v) is 5.23. The molecule has 3 N–H and O–H groups in total. The number of sulfone groups is 1. The standard InChI is InChI=1S/C12H19NO3S/c1-12(2,17(3,15)16)10-6-4-9(5-7-10)11(14)8-13/h4-7,11,14H,8,13H2,1-3H3. The van der Waals surface area contributed by atoms with E-state index in [2.05, 4.69) is 0 Å². The molecule has 0 saturated heterocycles. The highest BCUT2D eigenvalue weighted by Crippen LogP contribution is 2.29. The van der Waals surface area contributed by atoms with E-state index in [1.807, 2.05) is 0 Å². The SMILES string of the molecule is CC(C)(c1ccc(C(O)CN)cc1)S(C)(=O)=O. The predicted molar refractivity (Wildman–Crippen MR) is 68.3 cm³/mol. The summed E-state index contributed by atoms with van der Waals surface area (Å²) in [6.45, 7) is 3.47. The van der Waals surface area contributed by atoms with E-state index in [0.29, 0.717) is 11.1 Å². The lowest BCUT2D eigenvalue weighted by Gasteiger charge is -2.23. The van der Waals surface area contributed by atoms with Gasteiger partial charge in [-0.15, -0.1) is 0 Å². The van der Waals surface area contributed by atoms with Crippen molar-refractivity contribution < 1.29 is 13.5 Å². The molecule has 1 aromatic rings. The van der Waals surface area contributed by atoms with Crippen molar-refractivity contribution >= 4 is 9.84 Å². The van der Waals surface area contributed by atoms with Gasteiger partial charge in [0.25, 0.3) is 0 Å². The summed E-state index contributed by atoms with van der Waals surface area (Å²) < 4.78 is 22.4. The van der Waals surface area contributed by atoms with Crippen LogP contribution in [0.1, 0.15) is 31.1 Å². The second-order valence-corrected chi connectivity index (χ2v) is 7.22. The summed E-state index contributed by atoms with van der Waals surface area (Å²) in [6.07, 6.45) is 0.515. The number of benzene rings is 1. The van der Waals surface area contributed by atoms with E-state index in [9.17, 15) is 13.5 Å². The van der Waals surface area contributed by atoms with Crippen molar-refractivity contribution in [1.29, 1.82) is 0 Å². The molecule has 0 amide bonds. The summed E-state index contributed by atoms with van der Waals surface area (Å²) in [5, 5.41) is 9.54. The molecule has 1 atom stereocenters. The smallest absolute Gasteiger partial charge is 0.156 e. The maximum absolute atomic E-state index is 11.7. The molecule has 0 aromatic heterocycles. The molecule has 1 rings (SSSR count). The molecule has 17 heavy (non-hydrogen) atoms. The van der Waals surface area contributed by atoms with Gasteiger partial charge in [-0.3, -0.25) is 0 Å². The highest BCUT2D eigenvalue weighted by atomic mass is 32.2. The number of rotatable bonds is 4. The molecule has 0 aliphatic rings. The summed E-state index contributed by atoms with van der Waals surface area (Å²) in [5.41, 5.74) is 6.75. The Morgan fingerprint density at radius 3 is 2.12 bits per heavy atom. The average molecular weight is 257 g/mol. The molecule has 0 saturated carbocycles. The summed E-state index contributed by atoms with van der Waals surface area (Å²) in [5.74, 6) is 0. The van der Waals surface area contributed by atoms with Crippen molar-refractivity contribution in [3.05, 3.63) is 35.4 Å². The third kappa shape index (κ3) is 2.86. The summed E-state index contributed by atoms with van der Waals surface area (Å²) in [6, 6.07) is 6.85. The summed E-state index contributed by atoms with van der Waals surface area (Å²) in [4.78, 5) is 0. The van der Waals surface area contributed by atoms with E-state index >= 15 is 0 Å². The lowest BCUT2D eigenvalue weighted by Crippen LogP contribution is -2.28. The van der Waals surface area contributed by atoms with Crippen molar-refractivity contribution in [2.75, 3.05) is 12.8 Å². The van der Waals surface area contributed by atoms with Gasteiger partial charge in [-0.05, 0) is 25.0 Å². The number of hydrogen-bond donors (Lipinski definition) is 2. The molecule has 0 heterocycles. The van der Waals surface area contributed by atoms with E-state index in [1.54, 1.807) is 38.1 Å². The monoisotopic (exact) mass is 257 g/mol. The topological polar surface area (TPSA) is 80.4 Å². The first-order valence-corrected chi connectivity index (χ1v) is 7.27. The molecule has 0 bridgehead atoms. The second-order valence-electron chi connectivity index (χ2n) is 4.66. The predicted octanol–water partition coefficient (Wildman–Crippen LogP) is 0.958. The number of aliphatic hydroxyl groups excluding tert-OH is 1. The largest absolute Gasteiger partial charge is 0.387 e. The molecule has 5 heteroatoms. The van der Waals surface area contributed by atoms with Crippen LogP contribution in [-0.4, -0.2) is 26.3 Å². The van der Waals surface area contributed by atoms with Gasteiger partial charge in [-0.1, -0.05) is 24.3 Å². The first-order chi connectivity index (χ1) is 7.70. The Hall–Kier alpha value is -0.910. The second kappa shape index (κ2) is 4.76. The van der Waals surface area contributed by atoms with Crippen molar-refractivity contribution in [3.63, 3.8) is 0 Å². The van der Waals surface area contributed by atoms with Crippen molar-refractivity contribution in [2.45, 2.75) is 24.7 Å². The highest BCUT2D eigenvalue weighted by molar-refractivity contribution is 7.91. The zero-order valence-electron chi connectivity index (χ0n) is 10.3. The van der Waals surface area contributed by atoms with E-state index in [-0.39, 0.29) is 6.54 Å². The van der Waals surface area contributed by atoms with Crippen molar-refractivity contribution in [1.82, 2.24) is 0 Å². The van der Waals surface area contributed by atoms with Gasteiger partial charge in [-0.25, -0.2) is 8.42 Å². The van der Waals surface area contributed by atoms with Gasteiger partial charge in [0.15, 0.2) is 9.84 Å². The maximum Gasteiger partial charge on any atom is 0.156 e. The molecule has 0 spiro atoms. The minimum Gasteiger partial charge on any atom is -0.387 e. The van der Waals surface area contributed by atoms with Gasteiger partial charge in [0.1, 0.15) is 0 Å². The Balaban J connectivity index is 3.12. The molecule has 0 radical (unpaired) electrons. The number of aliphatic hydroxyl groups is 1. The average Bonchev–Trinajstić information content (AvgIpc) is 2.26. The minimum atomic E-state index is -3.18. The fourth-order valence-corrected chi connectivity index (χ4v) is 2.02. The highest BCUT2D eigenvalue weighted by Gasteiger charge is 2.32. The minimum absolute atomic E-state index is 0.148. The molecular weight excluding hydrogens is 238 g/mol. The zero-order valence-corrected chi connectivity index (χ0v) is 11.2. The van der Waals surface area contributed by atoms with Crippen LogP contribution in [0.2, 0.25) is 0 Å². The molecular formula is C12H19NO3S. The van der Waals surface area contributed by atoms with E-state index in [4.69, 9.17) is 5.73 Å². The Kier molecular flexibility index (Phi) is 3.96. The fourth-order valence-electron chi connectivity index (χ4n) is 1.46. The normalized spacial score (nSPS) is 14.6. The summed E-state index contributed by atoms with van der Waals surface area (Å²) >= 11 is 0. The van der Waals surface area contributed by atoms with Crippen LogP contribution in [0.3, 0.4) is 0 Å². The Bertz CT molecular complexity index is 477. The van der Waals surface area contributed by atoms with E-state index in [0.717, 1.165) is 0 Å². The van der Waals surface area contributed by atoms with E-state index < -0.39 is 20.7 Å². The maximum atomic E-state index is 11.7. The summed E-state index contributed by atoms with van der Waals surface area (Å²) in [7, 11) is -3.18.